The second-order valence-electron chi connectivity index (χ2n) is 5.33. The highest BCUT2D eigenvalue weighted by Gasteiger charge is 2.15. The normalized spacial score (nSPS) is 13.4. The molecule has 0 bridgehead atoms. The second kappa shape index (κ2) is 8.10. The summed E-state index contributed by atoms with van der Waals surface area (Å²) in [5.74, 6) is -3.65. The van der Waals surface area contributed by atoms with E-state index in [0.717, 1.165) is 13.1 Å². The Labute approximate surface area is 134 Å². The first kappa shape index (κ1) is 16.7. The summed E-state index contributed by atoms with van der Waals surface area (Å²) in [6, 6.07) is 19.5. The molecule has 1 aliphatic heterocycles. The molecule has 5 nitrogen and oxygen atoms in total. The van der Waals surface area contributed by atoms with Crippen LogP contribution in [-0.2, 0) is 29.1 Å². The molecule has 0 radical (unpaired) electrons. The van der Waals surface area contributed by atoms with Gasteiger partial charge in [-0.25, -0.2) is 9.59 Å². The van der Waals surface area contributed by atoms with E-state index in [0.29, 0.717) is 0 Å². The van der Waals surface area contributed by atoms with E-state index < -0.39 is 11.9 Å². The van der Waals surface area contributed by atoms with Crippen LogP contribution in [-0.4, -0.2) is 33.6 Å². The minimum atomic E-state index is -1.82. The molecule has 120 valence electrons. The summed E-state index contributed by atoms with van der Waals surface area (Å²) in [6.07, 6.45) is 1.18. The van der Waals surface area contributed by atoms with Crippen LogP contribution in [0.1, 0.15) is 16.7 Å². The Morgan fingerprint density at radius 1 is 0.870 bits per heavy atom. The van der Waals surface area contributed by atoms with Crippen LogP contribution in [0.4, 0.5) is 0 Å². The van der Waals surface area contributed by atoms with E-state index in [1.807, 2.05) is 0 Å². The Bertz CT molecular complexity index is 658. The lowest BCUT2D eigenvalue weighted by Crippen LogP contribution is -2.29. The predicted molar refractivity (Wildman–Crippen MR) is 86.0 cm³/mol. The van der Waals surface area contributed by atoms with Gasteiger partial charge in [-0.3, -0.25) is 4.90 Å². The van der Waals surface area contributed by atoms with Gasteiger partial charge in [0.25, 0.3) is 0 Å². The van der Waals surface area contributed by atoms with Gasteiger partial charge in [0.1, 0.15) is 0 Å². The topological polar surface area (TPSA) is 77.8 Å². The third-order valence-electron chi connectivity index (χ3n) is 3.64. The van der Waals surface area contributed by atoms with Crippen LogP contribution in [0.5, 0.6) is 0 Å². The summed E-state index contributed by atoms with van der Waals surface area (Å²) < 4.78 is 0. The van der Waals surface area contributed by atoms with E-state index in [1.54, 1.807) is 0 Å². The van der Waals surface area contributed by atoms with Crippen molar-refractivity contribution in [2.24, 2.45) is 0 Å². The van der Waals surface area contributed by atoms with Gasteiger partial charge in [0.2, 0.25) is 0 Å². The standard InChI is InChI=1S/C16H17N.C2H2O4/c1-2-6-14(7-3-1)12-17-11-10-15-8-4-5-9-16(15)13-17;3-1(4)2(5)6/h1-9H,10-13H2;(H,3,4)(H,5,6). The number of hydrogen-bond acceptors (Lipinski definition) is 3. The van der Waals surface area contributed by atoms with Crippen molar-refractivity contribution in [2.75, 3.05) is 6.54 Å². The van der Waals surface area contributed by atoms with Gasteiger partial charge in [0.05, 0.1) is 0 Å². The zero-order valence-electron chi connectivity index (χ0n) is 12.7. The van der Waals surface area contributed by atoms with Crippen molar-refractivity contribution in [2.45, 2.75) is 19.5 Å². The number of nitrogens with zero attached hydrogens (tertiary/aromatic N) is 1. The van der Waals surface area contributed by atoms with E-state index in [-0.39, 0.29) is 0 Å². The fourth-order valence-corrected chi connectivity index (χ4v) is 2.53. The minimum absolute atomic E-state index is 1.06. The van der Waals surface area contributed by atoms with Gasteiger partial charge in [-0.1, -0.05) is 54.6 Å². The largest absolute Gasteiger partial charge is 0.473 e. The van der Waals surface area contributed by atoms with Crippen LogP contribution < -0.4 is 0 Å². The number of fused-ring (bicyclic) bond motifs is 1. The number of hydrogen-bond donors (Lipinski definition) is 2. The summed E-state index contributed by atoms with van der Waals surface area (Å²) in [7, 11) is 0. The van der Waals surface area contributed by atoms with E-state index >= 15 is 0 Å². The molecule has 0 saturated carbocycles. The van der Waals surface area contributed by atoms with Crippen molar-refractivity contribution in [1.29, 1.82) is 0 Å². The molecule has 0 aliphatic carbocycles. The van der Waals surface area contributed by atoms with E-state index in [4.69, 9.17) is 19.8 Å². The maximum absolute atomic E-state index is 9.10. The quantitative estimate of drug-likeness (QED) is 0.833. The van der Waals surface area contributed by atoms with Crippen molar-refractivity contribution in [1.82, 2.24) is 4.90 Å². The Kier molecular flexibility index (Phi) is 5.88. The van der Waals surface area contributed by atoms with Crippen molar-refractivity contribution in [3.8, 4) is 0 Å². The zero-order chi connectivity index (χ0) is 16.7. The van der Waals surface area contributed by atoms with Crippen LogP contribution in [0.25, 0.3) is 0 Å². The van der Waals surface area contributed by atoms with E-state index in [1.165, 1.54) is 29.7 Å². The Balaban J connectivity index is 0.000000277. The highest BCUT2D eigenvalue weighted by molar-refractivity contribution is 6.27. The molecular formula is C18H19NO4. The zero-order valence-corrected chi connectivity index (χ0v) is 12.7. The van der Waals surface area contributed by atoms with Crippen LogP contribution in [0.15, 0.2) is 54.6 Å². The van der Waals surface area contributed by atoms with Gasteiger partial charge < -0.3 is 10.2 Å². The molecule has 3 rings (SSSR count). The lowest BCUT2D eigenvalue weighted by Gasteiger charge is -2.28. The summed E-state index contributed by atoms with van der Waals surface area (Å²) in [5.41, 5.74) is 4.43. The maximum atomic E-state index is 9.10. The van der Waals surface area contributed by atoms with Crippen molar-refractivity contribution >= 4 is 11.9 Å². The van der Waals surface area contributed by atoms with E-state index in [2.05, 4.69) is 59.5 Å². The first-order valence-electron chi connectivity index (χ1n) is 7.35. The van der Waals surface area contributed by atoms with E-state index in [9.17, 15) is 0 Å². The van der Waals surface area contributed by atoms with Crippen LogP contribution in [0.2, 0.25) is 0 Å². The van der Waals surface area contributed by atoms with Gasteiger partial charge in [0, 0.05) is 19.6 Å². The number of aliphatic carboxylic acids is 2. The van der Waals surface area contributed by atoms with Crippen LogP contribution in [0, 0.1) is 0 Å². The van der Waals surface area contributed by atoms with Crippen molar-refractivity contribution < 1.29 is 19.8 Å². The van der Waals surface area contributed by atoms with Gasteiger partial charge in [-0.05, 0) is 23.1 Å². The summed E-state index contributed by atoms with van der Waals surface area (Å²) in [4.78, 5) is 20.7. The first-order valence-corrected chi connectivity index (χ1v) is 7.35. The summed E-state index contributed by atoms with van der Waals surface area (Å²) in [6.45, 7) is 3.33. The molecule has 2 N–H and O–H groups in total. The molecule has 0 fully saturated rings. The number of benzene rings is 2. The van der Waals surface area contributed by atoms with Gasteiger partial charge in [0.15, 0.2) is 0 Å². The SMILES string of the molecule is O=C(O)C(=O)O.c1ccc(CN2CCc3ccccc3C2)cc1. The Morgan fingerprint density at radius 2 is 1.43 bits per heavy atom. The highest BCUT2D eigenvalue weighted by Crippen LogP contribution is 2.19. The highest BCUT2D eigenvalue weighted by atomic mass is 16.4. The number of carboxylic acids is 2. The fraction of sp³-hybridized carbons (Fsp3) is 0.222. The van der Waals surface area contributed by atoms with Gasteiger partial charge >= 0.3 is 11.9 Å². The lowest BCUT2D eigenvalue weighted by atomic mass is 9.99. The molecule has 23 heavy (non-hydrogen) atoms. The van der Waals surface area contributed by atoms with Crippen LogP contribution in [0.3, 0.4) is 0 Å². The molecule has 5 heteroatoms. The number of carbonyl (C=O) groups is 2. The minimum Gasteiger partial charge on any atom is -0.473 e. The second-order valence-corrected chi connectivity index (χ2v) is 5.33. The van der Waals surface area contributed by atoms with Gasteiger partial charge in [-0.15, -0.1) is 0 Å². The van der Waals surface area contributed by atoms with Crippen molar-refractivity contribution in [3.63, 3.8) is 0 Å². The maximum Gasteiger partial charge on any atom is 0.414 e. The molecule has 0 aromatic heterocycles. The Hall–Kier alpha value is -2.66. The number of rotatable bonds is 2. The molecule has 0 spiro atoms. The lowest BCUT2D eigenvalue weighted by molar-refractivity contribution is -0.159. The third kappa shape index (κ3) is 5.23. The number of carboxylic acid groups (broad SMARTS) is 2. The monoisotopic (exact) mass is 313 g/mol. The predicted octanol–water partition coefficient (Wildman–Crippen LogP) is 2.40. The molecule has 0 amide bonds. The Morgan fingerprint density at radius 3 is 2.04 bits per heavy atom. The molecule has 2 aromatic rings. The van der Waals surface area contributed by atoms with Crippen molar-refractivity contribution in [3.05, 3.63) is 71.3 Å². The van der Waals surface area contributed by atoms with Gasteiger partial charge in [-0.2, -0.15) is 0 Å². The molecule has 0 unspecified atom stereocenters. The smallest absolute Gasteiger partial charge is 0.414 e. The third-order valence-corrected chi connectivity index (χ3v) is 3.64. The average molecular weight is 313 g/mol. The summed E-state index contributed by atoms with van der Waals surface area (Å²) in [5, 5.41) is 14.8. The molecule has 0 saturated heterocycles. The fourth-order valence-electron chi connectivity index (χ4n) is 2.53. The average Bonchev–Trinajstić information content (AvgIpc) is 2.56. The first-order chi connectivity index (χ1) is 11.1. The molecular weight excluding hydrogens is 294 g/mol. The van der Waals surface area contributed by atoms with Crippen LogP contribution >= 0.6 is 0 Å². The summed E-state index contributed by atoms with van der Waals surface area (Å²) >= 11 is 0. The molecule has 1 aliphatic rings. The molecule has 0 atom stereocenters. The molecule has 2 aromatic carbocycles. The molecule has 1 heterocycles.